The third kappa shape index (κ3) is 6.71. The third-order valence-electron chi connectivity index (χ3n) is 3.54. The van der Waals surface area contributed by atoms with Gasteiger partial charge in [-0.1, -0.05) is 23.7 Å². The second-order valence-electron chi connectivity index (χ2n) is 5.65. The van der Waals surface area contributed by atoms with E-state index in [0.29, 0.717) is 6.04 Å². The molecule has 0 aromatic heterocycles. The molecule has 20 heavy (non-hydrogen) atoms. The maximum atomic E-state index is 6.06. The number of benzene rings is 1. The Bertz CT molecular complexity index is 382. The van der Waals surface area contributed by atoms with Gasteiger partial charge in [0.05, 0.1) is 0 Å². The molecule has 0 heterocycles. The summed E-state index contributed by atoms with van der Waals surface area (Å²) in [5, 5.41) is 4.19. The van der Waals surface area contributed by atoms with Crippen LogP contribution in [0.5, 0.6) is 0 Å². The molecule has 0 bridgehead atoms. The summed E-state index contributed by atoms with van der Waals surface area (Å²) in [7, 11) is 8.45. The number of nitrogens with zero attached hydrogens (tertiary/aromatic N) is 2. The lowest BCUT2D eigenvalue weighted by Crippen LogP contribution is -2.28. The molecule has 0 aliphatic heterocycles. The average Bonchev–Trinajstić information content (AvgIpc) is 2.39. The smallest absolute Gasteiger partial charge is 0.0409 e. The summed E-state index contributed by atoms with van der Waals surface area (Å²) in [6.45, 7) is 3.38. The molecule has 0 saturated heterocycles. The number of nitrogens with one attached hydrogen (secondary N) is 1. The molecule has 0 amide bonds. The first-order chi connectivity index (χ1) is 9.52. The molecule has 0 saturated carbocycles. The van der Waals surface area contributed by atoms with Crippen molar-refractivity contribution in [2.75, 3.05) is 47.8 Å². The first-order valence-electron chi connectivity index (χ1n) is 7.29. The van der Waals surface area contributed by atoms with Crippen LogP contribution in [0.4, 0.5) is 0 Å². The van der Waals surface area contributed by atoms with E-state index in [1.54, 1.807) is 0 Å². The number of halogens is 1. The van der Waals surface area contributed by atoms with Gasteiger partial charge in [-0.3, -0.25) is 0 Å². The van der Waals surface area contributed by atoms with Crippen molar-refractivity contribution in [1.29, 1.82) is 0 Å². The quantitative estimate of drug-likeness (QED) is 0.756. The van der Waals surface area contributed by atoms with E-state index in [9.17, 15) is 0 Å². The Kier molecular flexibility index (Phi) is 8.15. The zero-order chi connectivity index (χ0) is 15.0. The summed E-state index contributed by atoms with van der Waals surface area (Å²) in [5.41, 5.74) is 1.27. The Balaban J connectivity index is 2.37. The molecule has 1 atom stereocenters. The van der Waals surface area contributed by atoms with Crippen LogP contribution in [-0.4, -0.2) is 57.6 Å². The van der Waals surface area contributed by atoms with Crippen LogP contribution in [0.15, 0.2) is 24.3 Å². The zero-order valence-electron chi connectivity index (χ0n) is 13.2. The monoisotopic (exact) mass is 297 g/mol. The van der Waals surface area contributed by atoms with Crippen molar-refractivity contribution in [3.05, 3.63) is 34.9 Å². The van der Waals surface area contributed by atoms with Gasteiger partial charge in [-0.2, -0.15) is 0 Å². The summed E-state index contributed by atoms with van der Waals surface area (Å²) in [5.74, 6) is 0. The predicted octanol–water partition coefficient (Wildman–Crippen LogP) is 2.87. The highest BCUT2D eigenvalue weighted by atomic mass is 35.5. The minimum atomic E-state index is 0.366. The van der Waals surface area contributed by atoms with E-state index in [0.717, 1.165) is 31.1 Å². The van der Waals surface area contributed by atoms with E-state index in [1.807, 2.05) is 19.2 Å². The van der Waals surface area contributed by atoms with Gasteiger partial charge in [0.2, 0.25) is 0 Å². The van der Waals surface area contributed by atoms with Gasteiger partial charge in [0.25, 0.3) is 0 Å². The highest BCUT2D eigenvalue weighted by molar-refractivity contribution is 6.30. The van der Waals surface area contributed by atoms with Crippen molar-refractivity contribution in [3.63, 3.8) is 0 Å². The van der Waals surface area contributed by atoms with Crippen LogP contribution in [0.1, 0.15) is 24.4 Å². The van der Waals surface area contributed by atoms with E-state index in [4.69, 9.17) is 11.6 Å². The van der Waals surface area contributed by atoms with E-state index in [2.05, 4.69) is 48.4 Å². The van der Waals surface area contributed by atoms with Crippen LogP contribution in [0, 0.1) is 0 Å². The van der Waals surface area contributed by atoms with Gasteiger partial charge >= 0.3 is 0 Å². The van der Waals surface area contributed by atoms with Gasteiger partial charge in [0, 0.05) is 11.1 Å². The molecule has 1 aromatic rings. The van der Waals surface area contributed by atoms with Crippen LogP contribution < -0.4 is 5.32 Å². The van der Waals surface area contributed by atoms with Crippen molar-refractivity contribution >= 4 is 11.6 Å². The standard InChI is InChI=1S/C16H28ClN3/c1-18-16(14-7-5-8-15(17)13-14)9-12-20(4)11-6-10-19(2)3/h5,7-8,13,16,18H,6,9-12H2,1-4H3. The maximum Gasteiger partial charge on any atom is 0.0409 e. The number of hydrogen-bond acceptors (Lipinski definition) is 3. The summed E-state index contributed by atoms with van der Waals surface area (Å²) in [6, 6.07) is 8.49. The van der Waals surface area contributed by atoms with E-state index in [-0.39, 0.29) is 0 Å². The number of rotatable bonds is 9. The fourth-order valence-electron chi connectivity index (χ4n) is 2.32. The molecule has 0 aliphatic rings. The lowest BCUT2D eigenvalue weighted by atomic mass is 10.0. The fourth-order valence-corrected chi connectivity index (χ4v) is 2.52. The van der Waals surface area contributed by atoms with Crippen LogP contribution in [0.3, 0.4) is 0 Å². The van der Waals surface area contributed by atoms with Gasteiger partial charge in [0.15, 0.2) is 0 Å². The molecule has 1 unspecified atom stereocenters. The molecule has 0 radical (unpaired) electrons. The first kappa shape index (κ1) is 17.4. The van der Waals surface area contributed by atoms with E-state index in [1.165, 1.54) is 12.0 Å². The molecule has 114 valence electrons. The van der Waals surface area contributed by atoms with Crippen LogP contribution in [-0.2, 0) is 0 Å². The molecule has 3 nitrogen and oxygen atoms in total. The highest BCUT2D eigenvalue weighted by Crippen LogP contribution is 2.20. The van der Waals surface area contributed by atoms with Gasteiger partial charge in [-0.25, -0.2) is 0 Å². The van der Waals surface area contributed by atoms with Crippen LogP contribution in [0.25, 0.3) is 0 Å². The van der Waals surface area contributed by atoms with Gasteiger partial charge < -0.3 is 15.1 Å². The Morgan fingerprint density at radius 1 is 1.15 bits per heavy atom. The largest absolute Gasteiger partial charge is 0.313 e. The predicted molar refractivity (Wildman–Crippen MR) is 88.5 cm³/mol. The van der Waals surface area contributed by atoms with Crippen LogP contribution in [0.2, 0.25) is 5.02 Å². The van der Waals surface area contributed by atoms with Crippen molar-refractivity contribution in [1.82, 2.24) is 15.1 Å². The SMILES string of the molecule is CNC(CCN(C)CCCN(C)C)c1cccc(Cl)c1. The molecule has 4 heteroatoms. The molecule has 0 fully saturated rings. The van der Waals surface area contributed by atoms with Gasteiger partial charge in [-0.15, -0.1) is 0 Å². The Labute approximate surface area is 128 Å². The molecule has 1 rings (SSSR count). The Morgan fingerprint density at radius 3 is 2.50 bits per heavy atom. The second kappa shape index (κ2) is 9.35. The van der Waals surface area contributed by atoms with Crippen LogP contribution >= 0.6 is 11.6 Å². The van der Waals surface area contributed by atoms with Crippen molar-refractivity contribution in [2.24, 2.45) is 0 Å². The molecular formula is C16H28ClN3. The fraction of sp³-hybridized carbons (Fsp3) is 0.625. The highest BCUT2D eigenvalue weighted by Gasteiger charge is 2.10. The molecule has 1 N–H and O–H groups in total. The summed E-state index contributed by atoms with van der Waals surface area (Å²) < 4.78 is 0. The Hall–Kier alpha value is -0.610. The molecule has 0 spiro atoms. The summed E-state index contributed by atoms with van der Waals surface area (Å²) >= 11 is 6.06. The summed E-state index contributed by atoms with van der Waals surface area (Å²) in [4.78, 5) is 4.63. The Morgan fingerprint density at radius 2 is 1.90 bits per heavy atom. The van der Waals surface area contributed by atoms with Gasteiger partial charge in [-0.05, 0) is 78.4 Å². The first-order valence-corrected chi connectivity index (χ1v) is 7.66. The van der Waals surface area contributed by atoms with Crippen molar-refractivity contribution in [3.8, 4) is 0 Å². The van der Waals surface area contributed by atoms with Gasteiger partial charge in [0.1, 0.15) is 0 Å². The zero-order valence-corrected chi connectivity index (χ0v) is 14.0. The van der Waals surface area contributed by atoms with E-state index >= 15 is 0 Å². The minimum absolute atomic E-state index is 0.366. The third-order valence-corrected chi connectivity index (χ3v) is 3.78. The topological polar surface area (TPSA) is 18.5 Å². The lowest BCUT2D eigenvalue weighted by molar-refractivity contribution is 0.286. The van der Waals surface area contributed by atoms with Crippen molar-refractivity contribution in [2.45, 2.75) is 18.9 Å². The lowest BCUT2D eigenvalue weighted by Gasteiger charge is -2.22. The molecule has 0 aliphatic carbocycles. The summed E-state index contributed by atoms with van der Waals surface area (Å²) in [6.07, 6.45) is 2.31. The second-order valence-corrected chi connectivity index (χ2v) is 6.08. The van der Waals surface area contributed by atoms with E-state index < -0.39 is 0 Å². The average molecular weight is 298 g/mol. The normalized spacial score (nSPS) is 13.2. The number of hydrogen-bond donors (Lipinski definition) is 1. The van der Waals surface area contributed by atoms with Crippen molar-refractivity contribution < 1.29 is 0 Å². The molecule has 1 aromatic carbocycles. The maximum absolute atomic E-state index is 6.06. The minimum Gasteiger partial charge on any atom is -0.313 e. The molecular weight excluding hydrogens is 270 g/mol.